The van der Waals surface area contributed by atoms with E-state index in [2.05, 4.69) is 5.32 Å². The Morgan fingerprint density at radius 3 is 2.56 bits per heavy atom. The first-order valence-corrected chi connectivity index (χ1v) is 5.67. The second kappa shape index (κ2) is 5.41. The standard InChI is InChI=1S/C11H20N2O3/c1-7(2)12-5-9(14)6-13-10(15)4-8(3)11(13)16/h7-9,12,14H,4-6H2,1-3H3. The molecule has 1 rings (SSSR count). The second-order valence-electron chi connectivity index (χ2n) is 4.66. The van der Waals surface area contributed by atoms with Crippen LogP contribution in [-0.4, -0.2) is 47.1 Å². The summed E-state index contributed by atoms with van der Waals surface area (Å²) in [7, 11) is 0. The van der Waals surface area contributed by atoms with Gasteiger partial charge < -0.3 is 10.4 Å². The molecule has 0 saturated carbocycles. The number of carbonyl (C=O) groups excluding carboxylic acids is 2. The minimum Gasteiger partial charge on any atom is -0.390 e. The predicted octanol–water partition coefficient (Wildman–Crippen LogP) is -0.260. The molecule has 2 N–H and O–H groups in total. The molecule has 0 aromatic heterocycles. The SMILES string of the molecule is CC(C)NCC(O)CN1C(=O)CC(C)C1=O. The zero-order valence-corrected chi connectivity index (χ0v) is 10.1. The van der Waals surface area contributed by atoms with Crippen LogP contribution in [0.25, 0.3) is 0 Å². The summed E-state index contributed by atoms with van der Waals surface area (Å²) in [6.07, 6.45) is -0.427. The molecule has 5 heteroatoms. The third-order valence-corrected chi connectivity index (χ3v) is 2.62. The van der Waals surface area contributed by atoms with Gasteiger partial charge in [-0.3, -0.25) is 14.5 Å². The highest BCUT2D eigenvalue weighted by Crippen LogP contribution is 2.18. The fraction of sp³-hybridized carbons (Fsp3) is 0.818. The lowest BCUT2D eigenvalue weighted by Crippen LogP contribution is -2.42. The van der Waals surface area contributed by atoms with Crippen molar-refractivity contribution in [2.45, 2.75) is 39.3 Å². The summed E-state index contributed by atoms with van der Waals surface area (Å²) in [5.41, 5.74) is 0. The topological polar surface area (TPSA) is 69.6 Å². The van der Waals surface area contributed by atoms with E-state index >= 15 is 0 Å². The maximum atomic E-state index is 11.6. The van der Waals surface area contributed by atoms with E-state index in [4.69, 9.17) is 0 Å². The molecule has 1 aliphatic heterocycles. The number of imide groups is 1. The van der Waals surface area contributed by atoms with Crippen molar-refractivity contribution >= 4 is 11.8 Å². The van der Waals surface area contributed by atoms with Gasteiger partial charge in [-0.25, -0.2) is 0 Å². The smallest absolute Gasteiger partial charge is 0.232 e. The van der Waals surface area contributed by atoms with Crippen LogP contribution >= 0.6 is 0 Å². The zero-order chi connectivity index (χ0) is 12.3. The Bertz CT molecular complexity index is 278. The molecule has 2 unspecified atom stereocenters. The summed E-state index contributed by atoms with van der Waals surface area (Å²) >= 11 is 0. The molecule has 0 aromatic rings. The first-order chi connectivity index (χ1) is 7.41. The molecule has 2 amide bonds. The Morgan fingerprint density at radius 1 is 1.50 bits per heavy atom. The molecule has 1 aliphatic rings. The van der Waals surface area contributed by atoms with Gasteiger partial charge in [-0.2, -0.15) is 0 Å². The number of aliphatic hydroxyl groups excluding tert-OH is 1. The molecule has 92 valence electrons. The summed E-state index contributed by atoms with van der Waals surface area (Å²) in [4.78, 5) is 24.2. The molecule has 1 saturated heterocycles. The van der Waals surface area contributed by atoms with E-state index in [0.717, 1.165) is 4.90 Å². The lowest BCUT2D eigenvalue weighted by molar-refractivity contribution is -0.140. The van der Waals surface area contributed by atoms with Gasteiger partial charge in [0.25, 0.3) is 0 Å². The highest BCUT2D eigenvalue weighted by atomic mass is 16.3. The van der Waals surface area contributed by atoms with Crippen molar-refractivity contribution in [3.63, 3.8) is 0 Å². The van der Waals surface area contributed by atoms with E-state index in [9.17, 15) is 14.7 Å². The van der Waals surface area contributed by atoms with Gasteiger partial charge in [0.2, 0.25) is 11.8 Å². The molecule has 5 nitrogen and oxygen atoms in total. The lowest BCUT2D eigenvalue weighted by Gasteiger charge is -2.20. The van der Waals surface area contributed by atoms with Crippen LogP contribution in [0.2, 0.25) is 0 Å². The Balaban J connectivity index is 2.41. The number of nitrogens with zero attached hydrogens (tertiary/aromatic N) is 1. The van der Waals surface area contributed by atoms with Crippen molar-refractivity contribution in [3.05, 3.63) is 0 Å². The first-order valence-electron chi connectivity index (χ1n) is 5.67. The number of likely N-dealkylation sites (tertiary alicyclic amines) is 1. The van der Waals surface area contributed by atoms with Crippen LogP contribution in [0.4, 0.5) is 0 Å². The summed E-state index contributed by atoms with van der Waals surface area (Å²) in [6.45, 7) is 6.17. The van der Waals surface area contributed by atoms with Crippen LogP contribution in [-0.2, 0) is 9.59 Å². The Kier molecular flexibility index (Phi) is 4.44. The largest absolute Gasteiger partial charge is 0.390 e. The molecular formula is C11H20N2O3. The molecule has 1 fully saturated rings. The number of β-amino-alcohol motifs (C(OH)–C–C–N with tert-alkyl or cyclic N) is 1. The van der Waals surface area contributed by atoms with E-state index in [1.807, 2.05) is 13.8 Å². The Hall–Kier alpha value is -0.940. The zero-order valence-electron chi connectivity index (χ0n) is 10.1. The van der Waals surface area contributed by atoms with Crippen molar-refractivity contribution in [2.24, 2.45) is 5.92 Å². The summed E-state index contributed by atoms with van der Waals surface area (Å²) in [6, 6.07) is 0.276. The molecular weight excluding hydrogens is 208 g/mol. The molecule has 0 spiro atoms. The van der Waals surface area contributed by atoms with Gasteiger partial charge in [-0.1, -0.05) is 20.8 Å². The highest BCUT2D eigenvalue weighted by Gasteiger charge is 2.36. The van der Waals surface area contributed by atoms with Crippen molar-refractivity contribution < 1.29 is 14.7 Å². The first kappa shape index (κ1) is 13.1. The second-order valence-corrected chi connectivity index (χ2v) is 4.66. The average molecular weight is 228 g/mol. The molecule has 16 heavy (non-hydrogen) atoms. The number of amides is 2. The predicted molar refractivity (Wildman–Crippen MR) is 59.6 cm³/mol. The van der Waals surface area contributed by atoms with Crippen LogP contribution in [0, 0.1) is 5.92 Å². The molecule has 0 bridgehead atoms. The number of nitrogens with one attached hydrogen (secondary N) is 1. The number of carbonyl (C=O) groups is 2. The number of hydrogen-bond acceptors (Lipinski definition) is 4. The quantitative estimate of drug-likeness (QED) is 0.636. The van der Waals surface area contributed by atoms with E-state index in [1.54, 1.807) is 6.92 Å². The molecule has 0 aliphatic carbocycles. The van der Waals surface area contributed by atoms with E-state index in [1.165, 1.54) is 0 Å². The highest BCUT2D eigenvalue weighted by molar-refractivity contribution is 6.03. The fourth-order valence-electron chi connectivity index (χ4n) is 1.69. The van der Waals surface area contributed by atoms with Crippen molar-refractivity contribution in [1.29, 1.82) is 0 Å². The average Bonchev–Trinajstić information content (AvgIpc) is 2.42. The summed E-state index contributed by atoms with van der Waals surface area (Å²) < 4.78 is 0. The minimum absolute atomic E-state index is 0.0989. The van der Waals surface area contributed by atoms with Crippen molar-refractivity contribution in [1.82, 2.24) is 10.2 Å². The molecule has 0 radical (unpaired) electrons. The third-order valence-electron chi connectivity index (χ3n) is 2.62. The van der Waals surface area contributed by atoms with E-state index in [0.29, 0.717) is 6.54 Å². The van der Waals surface area contributed by atoms with E-state index in [-0.39, 0.29) is 36.7 Å². The van der Waals surface area contributed by atoms with Crippen LogP contribution in [0.1, 0.15) is 27.2 Å². The molecule has 1 heterocycles. The number of aliphatic hydroxyl groups is 1. The van der Waals surface area contributed by atoms with Crippen molar-refractivity contribution in [3.8, 4) is 0 Å². The van der Waals surface area contributed by atoms with Crippen LogP contribution in [0.3, 0.4) is 0 Å². The third kappa shape index (κ3) is 3.28. The number of rotatable bonds is 5. The van der Waals surface area contributed by atoms with Crippen molar-refractivity contribution in [2.75, 3.05) is 13.1 Å². The van der Waals surface area contributed by atoms with Gasteiger partial charge in [0.15, 0.2) is 0 Å². The Labute approximate surface area is 95.8 Å². The van der Waals surface area contributed by atoms with E-state index < -0.39 is 6.10 Å². The Morgan fingerprint density at radius 2 is 2.12 bits per heavy atom. The fourth-order valence-corrected chi connectivity index (χ4v) is 1.69. The molecule has 0 aromatic carbocycles. The minimum atomic E-state index is -0.694. The van der Waals surface area contributed by atoms with Gasteiger partial charge in [-0.15, -0.1) is 0 Å². The summed E-state index contributed by atoms with van der Waals surface area (Å²) in [5, 5.41) is 12.7. The monoisotopic (exact) mass is 228 g/mol. The van der Waals surface area contributed by atoms with Crippen LogP contribution in [0.15, 0.2) is 0 Å². The lowest BCUT2D eigenvalue weighted by atomic mass is 10.1. The van der Waals surface area contributed by atoms with Gasteiger partial charge in [0, 0.05) is 24.9 Å². The molecule has 2 atom stereocenters. The number of hydrogen-bond donors (Lipinski definition) is 2. The normalized spacial score (nSPS) is 23.3. The maximum absolute atomic E-state index is 11.6. The van der Waals surface area contributed by atoms with Gasteiger partial charge >= 0.3 is 0 Å². The van der Waals surface area contributed by atoms with Crippen LogP contribution in [0.5, 0.6) is 0 Å². The van der Waals surface area contributed by atoms with Gasteiger partial charge in [0.1, 0.15) is 0 Å². The van der Waals surface area contributed by atoms with Gasteiger partial charge in [-0.05, 0) is 0 Å². The summed E-state index contributed by atoms with van der Waals surface area (Å²) in [5.74, 6) is -0.590. The maximum Gasteiger partial charge on any atom is 0.232 e. The van der Waals surface area contributed by atoms with Gasteiger partial charge in [0.05, 0.1) is 12.6 Å². The van der Waals surface area contributed by atoms with Crippen LogP contribution < -0.4 is 5.32 Å².